The molecule has 1 aromatic heterocycles. The fraction of sp³-hybridized carbons (Fsp3) is 0.333. The van der Waals surface area contributed by atoms with Crippen molar-refractivity contribution in [3.05, 3.63) is 71.6 Å². The maximum absolute atomic E-state index is 12.8. The molecule has 0 N–H and O–H groups in total. The molecule has 3 rings (SSSR count). The lowest BCUT2D eigenvalue weighted by Gasteiger charge is -2.29. The van der Waals surface area contributed by atoms with E-state index in [0.717, 1.165) is 24.9 Å². The Labute approximate surface area is 144 Å². The molecule has 3 nitrogen and oxygen atoms in total. The standard InChI is InChI=1S/C21H24N2O/c1-17-6-8-18(9-7-17)10-11-21(24)23-16-4-2-3-5-20(23)19-12-14-22-15-13-19/h6-15,20H,2-5,16H2,1H3/b11-10+. The van der Waals surface area contributed by atoms with Gasteiger partial charge in [0.15, 0.2) is 0 Å². The smallest absolute Gasteiger partial charge is 0.247 e. The lowest BCUT2D eigenvalue weighted by atomic mass is 10.0. The Balaban J connectivity index is 1.78. The predicted molar refractivity (Wildman–Crippen MR) is 97.4 cm³/mol. The SMILES string of the molecule is Cc1ccc(/C=C/C(=O)N2CCCCCC2c2ccncc2)cc1. The van der Waals surface area contributed by atoms with E-state index in [-0.39, 0.29) is 11.9 Å². The average molecular weight is 320 g/mol. The van der Waals surface area contributed by atoms with E-state index in [1.165, 1.54) is 24.0 Å². The maximum Gasteiger partial charge on any atom is 0.247 e. The van der Waals surface area contributed by atoms with Crippen molar-refractivity contribution < 1.29 is 4.79 Å². The predicted octanol–water partition coefficient (Wildman–Crippen LogP) is 4.55. The van der Waals surface area contributed by atoms with Crippen LogP contribution in [0.5, 0.6) is 0 Å². The fourth-order valence-electron chi connectivity index (χ4n) is 3.25. The number of rotatable bonds is 3. The zero-order valence-corrected chi connectivity index (χ0v) is 14.2. The second kappa shape index (κ2) is 7.91. The molecule has 0 spiro atoms. The van der Waals surface area contributed by atoms with Crippen molar-refractivity contribution in [3.8, 4) is 0 Å². The molecule has 1 saturated heterocycles. The second-order valence-corrected chi connectivity index (χ2v) is 6.42. The number of hydrogen-bond donors (Lipinski definition) is 0. The summed E-state index contributed by atoms with van der Waals surface area (Å²) in [6, 6.07) is 12.4. The number of amides is 1. The van der Waals surface area contributed by atoms with E-state index in [1.807, 2.05) is 47.6 Å². The minimum atomic E-state index is 0.0966. The lowest BCUT2D eigenvalue weighted by molar-refractivity contribution is -0.128. The summed E-state index contributed by atoms with van der Waals surface area (Å²) in [7, 11) is 0. The van der Waals surface area contributed by atoms with Crippen molar-refractivity contribution in [1.82, 2.24) is 9.88 Å². The number of carbonyl (C=O) groups is 1. The Hall–Kier alpha value is -2.42. The Morgan fingerprint density at radius 3 is 2.58 bits per heavy atom. The van der Waals surface area contributed by atoms with Gasteiger partial charge in [-0.15, -0.1) is 0 Å². The molecule has 2 heterocycles. The molecule has 1 fully saturated rings. The number of benzene rings is 1. The van der Waals surface area contributed by atoms with E-state index >= 15 is 0 Å². The third-order valence-electron chi connectivity index (χ3n) is 4.62. The Kier molecular flexibility index (Phi) is 5.42. The zero-order chi connectivity index (χ0) is 16.8. The van der Waals surface area contributed by atoms with E-state index in [9.17, 15) is 4.79 Å². The number of aromatic nitrogens is 1. The molecule has 2 aromatic rings. The van der Waals surface area contributed by atoms with Crippen LogP contribution < -0.4 is 0 Å². The first-order valence-electron chi connectivity index (χ1n) is 8.69. The van der Waals surface area contributed by atoms with Crippen molar-refractivity contribution >= 4 is 12.0 Å². The van der Waals surface area contributed by atoms with Gasteiger partial charge in [-0.2, -0.15) is 0 Å². The first kappa shape index (κ1) is 16.4. The highest BCUT2D eigenvalue weighted by Gasteiger charge is 2.25. The van der Waals surface area contributed by atoms with Gasteiger partial charge in [0.05, 0.1) is 6.04 Å². The maximum atomic E-state index is 12.8. The Morgan fingerprint density at radius 1 is 1.08 bits per heavy atom. The van der Waals surface area contributed by atoms with Crippen molar-refractivity contribution in [3.63, 3.8) is 0 Å². The van der Waals surface area contributed by atoms with Crippen molar-refractivity contribution in [2.24, 2.45) is 0 Å². The number of nitrogens with zero attached hydrogens (tertiary/aromatic N) is 2. The molecule has 0 aliphatic carbocycles. The molecule has 1 aliphatic rings. The summed E-state index contributed by atoms with van der Waals surface area (Å²) in [6.07, 6.45) is 11.7. The molecule has 1 aromatic carbocycles. The molecule has 124 valence electrons. The van der Waals surface area contributed by atoms with Gasteiger partial charge in [-0.05, 0) is 49.1 Å². The summed E-state index contributed by atoms with van der Waals surface area (Å²) < 4.78 is 0. The third kappa shape index (κ3) is 4.10. The quantitative estimate of drug-likeness (QED) is 0.778. The van der Waals surface area contributed by atoms with Gasteiger partial charge in [0.25, 0.3) is 0 Å². The van der Waals surface area contributed by atoms with Gasteiger partial charge in [0.1, 0.15) is 0 Å². The monoisotopic (exact) mass is 320 g/mol. The van der Waals surface area contributed by atoms with Crippen LogP contribution in [0.15, 0.2) is 54.9 Å². The highest BCUT2D eigenvalue weighted by atomic mass is 16.2. The summed E-state index contributed by atoms with van der Waals surface area (Å²) in [5, 5.41) is 0. The fourth-order valence-corrected chi connectivity index (χ4v) is 3.25. The van der Waals surface area contributed by atoms with Gasteiger partial charge in [-0.25, -0.2) is 0 Å². The van der Waals surface area contributed by atoms with E-state index < -0.39 is 0 Å². The van der Waals surface area contributed by atoms with Crippen LogP contribution in [-0.4, -0.2) is 22.3 Å². The number of aryl methyl sites for hydroxylation is 1. The average Bonchev–Trinajstić information content (AvgIpc) is 2.88. The van der Waals surface area contributed by atoms with Crippen LogP contribution in [0.4, 0.5) is 0 Å². The number of hydrogen-bond acceptors (Lipinski definition) is 2. The van der Waals surface area contributed by atoms with Crippen molar-refractivity contribution in [2.45, 2.75) is 38.6 Å². The molecule has 1 atom stereocenters. The van der Waals surface area contributed by atoms with Crippen LogP contribution in [0.1, 0.15) is 48.4 Å². The molecule has 0 radical (unpaired) electrons. The Morgan fingerprint density at radius 2 is 1.83 bits per heavy atom. The molecule has 1 amide bonds. The van der Waals surface area contributed by atoms with Gasteiger partial charge in [0, 0.05) is 25.0 Å². The number of pyridine rings is 1. The van der Waals surface area contributed by atoms with E-state index in [1.54, 1.807) is 6.08 Å². The van der Waals surface area contributed by atoms with Crippen LogP contribution in [0.25, 0.3) is 6.08 Å². The van der Waals surface area contributed by atoms with Gasteiger partial charge >= 0.3 is 0 Å². The van der Waals surface area contributed by atoms with Crippen LogP contribution in [0, 0.1) is 6.92 Å². The minimum Gasteiger partial charge on any atom is -0.332 e. The molecular weight excluding hydrogens is 296 g/mol. The normalized spacial score (nSPS) is 18.5. The highest BCUT2D eigenvalue weighted by Crippen LogP contribution is 2.30. The molecule has 3 heteroatoms. The van der Waals surface area contributed by atoms with E-state index in [4.69, 9.17) is 0 Å². The van der Waals surface area contributed by atoms with Gasteiger partial charge in [-0.1, -0.05) is 42.7 Å². The second-order valence-electron chi connectivity index (χ2n) is 6.42. The first-order chi connectivity index (χ1) is 11.7. The molecule has 24 heavy (non-hydrogen) atoms. The van der Waals surface area contributed by atoms with Crippen LogP contribution >= 0.6 is 0 Å². The summed E-state index contributed by atoms with van der Waals surface area (Å²) in [4.78, 5) is 18.9. The van der Waals surface area contributed by atoms with Crippen LogP contribution in [0.3, 0.4) is 0 Å². The van der Waals surface area contributed by atoms with Gasteiger partial charge in [-0.3, -0.25) is 9.78 Å². The summed E-state index contributed by atoms with van der Waals surface area (Å²) in [6.45, 7) is 2.89. The third-order valence-corrected chi connectivity index (χ3v) is 4.62. The first-order valence-corrected chi connectivity index (χ1v) is 8.69. The van der Waals surface area contributed by atoms with Crippen LogP contribution in [-0.2, 0) is 4.79 Å². The van der Waals surface area contributed by atoms with E-state index in [2.05, 4.69) is 24.0 Å². The van der Waals surface area contributed by atoms with Crippen LogP contribution in [0.2, 0.25) is 0 Å². The lowest BCUT2D eigenvalue weighted by Crippen LogP contribution is -2.33. The topological polar surface area (TPSA) is 33.2 Å². The summed E-state index contributed by atoms with van der Waals surface area (Å²) in [5.41, 5.74) is 3.47. The molecular formula is C21H24N2O. The number of carbonyl (C=O) groups excluding carboxylic acids is 1. The summed E-state index contributed by atoms with van der Waals surface area (Å²) in [5.74, 6) is 0.0966. The largest absolute Gasteiger partial charge is 0.332 e. The van der Waals surface area contributed by atoms with E-state index in [0.29, 0.717) is 0 Å². The van der Waals surface area contributed by atoms with Crippen molar-refractivity contribution in [1.29, 1.82) is 0 Å². The minimum absolute atomic E-state index is 0.0966. The highest BCUT2D eigenvalue weighted by molar-refractivity contribution is 5.92. The van der Waals surface area contributed by atoms with Gasteiger partial charge < -0.3 is 4.90 Å². The molecule has 0 bridgehead atoms. The zero-order valence-electron chi connectivity index (χ0n) is 14.2. The number of likely N-dealkylation sites (tertiary alicyclic amines) is 1. The Bertz CT molecular complexity index is 692. The summed E-state index contributed by atoms with van der Waals surface area (Å²) >= 11 is 0. The van der Waals surface area contributed by atoms with Gasteiger partial charge in [0.2, 0.25) is 5.91 Å². The van der Waals surface area contributed by atoms with Crippen molar-refractivity contribution in [2.75, 3.05) is 6.54 Å². The molecule has 0 saturated carbocycles. The molecule has 1 aliphatic heterocycles. The molecule has 1 unspecified atom stereocenters.